The molecule has 4 heteroatoms. The third kappa shape index (κ3) is 2.67. The zero-order valence-corrected chi connectivity index (χ0v) is 9.00. The van der Waals surface area contributed by atoms with Crippen LogP contribution in [0.1, 0.15) is 25.2 Å². The summed E-state index contributed by atoms with van der Waals surface area (Å²) < 4.78 is 5.44. The number of nitrogens with zero attached hydrogens (tertiary/aromatic N) is 2. The number of rotatable bonds is 5. The van der Waals surface area contributed by atoms with Gasteiger partial charge in [-0.2, -0.15) is 4.98 Å². The second kappa shape index (κ2) is 5.54. The van der Waals surface area contributed by atoms with Crippen molar-refractivity contribution in [3.05, 3.63) is 17.6 Å². The van der Waals surface area contributed by atoms with Crippen LogP contribution < -0.4 is 10.1 Å². The van der Waals surface area contributed by atoms with Crippen LogP contribution >= 0.6 is 0 Å². The minimum atomic E-state index is 0.636. The van der Waals surface area contributed by atoms with Gasteiger partial charge in [0, 0.05) is 24.7 Å². The molecule has 0 saturated carbocycles. The third-order valence-electron chi connectivity index (χ3n) is 1.84. The quantitative estimate of drug-likeness (QED) is 0.765. The summed E-state index contributed by atoms with van der Waals surface area (Å²) in [4.78, 5) is 8.55. The fraction of sp³-hybridized carbons (Fsp3) is 0.600. The molecule has 0 aliphatic carbocycles. The molecular formula is C10H17N3O. The molecule has 0 aliphatic rings. The monoisotopic (exact) mass is 195 g/mol. The standard InChI is InChI=1S/C10H17N3O/c1-4-9-12-7-8(6-11-3)10(13-9)14-5-2/h7,11H,4-6H2,1-3H3. The van der Waals surface area contributed by atoms with E-state index in [1.807, 2.05) is 27.1 Å². The van der Waals surface area contributed by atoms with Gasteiger partial charge in [0.1, 0.15) is 5.82 Å². The SMILES string of the molecule is CCOc1nc(CC)ncc1CNC. The molecule has 1 N–H and O–H groups in total. The number of hydrogen-bond acceptors (Lipinski definition) is 4. The number of nitrogens with one attached hydrogen (secondary N) is 1. The van der Waals surface area contributed by atoms with Gasteiger partial charge in [0.25, 0.3) is 0 Å². The molecule has 0 fully saturated rings. The first-order valence-electron chi connectivity index (χ1n) is 4.94. The predicted molar refractivity (Wildman–Crippen MR) is 55.3 cm³/mol. The molecule has 0 bridgehead atoms. The highest BCUT2D eigenvalue weighted by Crippen LogP contribution is 2.14. The number of aromatic nitrogens is 2. The molecule has 1 rings (SSSR count). The summed E-state index contributed by atoms with van der Waals surface area (Å²) in [5.74, 6) is 1.53. The van der Waals surface area contributed by atoms with Gasteiger partial charge in [0.15, 0.2) is 0 Å². The number of ether oxygens (including phenoxy) is 1. The lowest BCUT2D eigenvalue weighted by Gasteiger charge is -2.09. The van der Waals surface area contributed by atoms with E-state index >= 15 is 0 Å². The first-order valence-corrected chi connectivity index (χ1v) is 4.94. The van der Waals surface area contributed by atoms with Gasteiger partial charge in [-0.3, -0.25) is 0 Å². The van der Waals surface area contributed by atoms with E-state index in [0.29, 0.717) is 12.5 Å². The molecule has 0 aromatic carbocycles. The van der Waals surface area contributed by atoms with E-state index in [1.165, 1.54) is 0 Å². The maximum atomic E-state index is 5.44. The van der Waals surface area contributed by atoms with E-state index < -0.39 is 0 Å². The Labute approximate surface area is 84.7 Å². The van der Waals surface area contributed by atoms with Crippen LogP contribution in [0.4, 0.5) is 0 Å². The lowest BCUT2D eigenvalue weighted by molar-refractivity contribution is 0.320. The van der Waals surface area contributed by atoms with E-state index in [9.17, 15) is 0 Å². The Kier molecular flexibility index (Phi) is 4.32. The molecular weight excluding hydrogens is 178 g/mol. The van der Waals surface area contributed by atoms with Gasteiger partial charge in [0.05, 0.1) is 6.61 Å². The van der Waals surface area contributed by atoms with Crippen LogP contribution in [0.25, 0.3) is 0 Å². The van der Waals surface area contributed by atoms with Crippen LogP contribution in [0.5, 0.6) is 5.88 Å². The molecule has 1 aromatic heterocycles. The Morgan fingerprint density at radius 2 is 2.21 bits per heavy atom. The molecule has 78 valence electrons. The van der Waals surface area contributed by atoms with E-state index in [-0.39, 0.29) is 0 Å². The van der Waals surface area contributed by atoms with Gasteiger partial charge in [-0.1, -0.05) is 6.92 Å². The van der Waals surface area contributed by atoms with Crippen LogP contribution in [0.2, 0.25) is 0 Å². The van der Waals surface area contributed by atoms with Crippen molar-refractivity contribution >= 4 is 0 Å². The normalized spacial score (nSPS) is 10.2. The topological polar surface area (TPSA) is 47.0 Å². The van der Waals surface area contributed by atoms with Crippen LogP contribution in [-0.2, 0) is 13.0 Å². The first kappa shape index (κ1) is 10.9. The van der Waals surface area contributed by atoms with Crippen LogP contribution in [-0.4, -0.2) is 23.6 Å². The van der Waals surface area contributed by atoms with Crippen molar-refractivity contribution in [3.8, 4) is 5.88 Å². The second-order valence-corrected chi connectivity index (χ2v) is 2.93. The Bertz CT molecular complexity index is 289. The Morgan fingerprint density at radius 1 is 1.43 bits per heavy atom. The minimum absolute atomic E-state index is 0.636. The summed E-state index contributed by atoms with van der Waals surface area (Å²) in [6, 6.07) is 0. The Balaban J connectivity index is 2.91. The van der Waals surface area contributed by atoms with Crippen molar-refractivity contribution in [1.29, 1.82) is 0 Å². The van der Waals surface area contributed by atoms with Crippen molar-refractivity contribution in [2.75, 3.05) is 13.7 Å². The largest absolute Gasteiger partial charge is 0.478 e. The minimum Gasteiger partial charge on any atom is -0.478 e. The van der Waals surface area contributed by atoms with E-state index in [2.05, 4.69) is 15.3 Å². The number of hydrogen-bond donors (Lipinski definition) is 1. The average molecular weight is 195 g/mol. The Hall–Kier alpha value is -1.16. The lowest BCUT2D eigenvalue weighted by atomic mass is 10.3. The fourth-order valence-corrected chi connectivity index (χ4v) is 1.17. The predicted octanol–water partition coefficient (Wildman–Crippen LogP) is 1.16. The first-order chi connectivity index (χ1) is 6.81. The van der Waals surface area contributed by atoms with E-state index in [4.69, 9.17) is 4.74 Å². The highest BCUT2D eigenvalue weighted by atomic mass is 16.5. The van der Waals surface area contributed by atoms with E-state index in [1.54, 1.807) is 0 Å². The Morgan fingerprint density at radius 3 is 2.79 bits per heavy atom. The third-order valence-corrected chi connectivity index (χ3v) is 1.84. The van der Waals surface area contributed by atoms with Crippen LogP contribution in [0.3, 0.4) is 0 Å². The number of aryl methyl sites for hydroxylation is 1. The maximum absolute atomic E-state index is 5.44. The second-order valence-electron chi connectivity index (χ2n) is 2.93. The molecule has 0 amide bonds. The summed E-state index contributed by atoms with van der Waals surface area (Å²) in [7, 11) is 1.89. The van der Waals surface area contributed by atoms with Gasteiger partial charge in [-0.15, -0.1) is 0 Å². The van der Waals surface area contributed by atoms with Gasteiger partial charge in [-0.05, 0) is 14.0 Å². The maximum Gasteiger partial charge on any atom is 0.221 e. The van der Waals surface area contributed by atoms with Crippen molar-refractivity contribution in [1.82, 2.24) is 15.3 Å². The molecule has 0 unspecified atom stereocenters. The molecule has 4 nitrogen and oxygen atoms in total. The summed E-state index contributed by atoms with van der Waals surface area (Å²) in [5.41, 5.74) is 1.01. The van der Waals surface area contributed by atoms with Crippen molar-refractivity contribution in [2.24, 2.45) is 0 Å². The van der Waals surface area contributed by atoms with Crippen LogP contribution in [0, 0.1) is 0 Å². The molecule has 0 saturated heterocycles. The highest BCUT2D eigenvalue weighted by molar-refractivity contribution is 5.23. The molecule has 0 atom stereocenters. The summed E-state index contributed by atoms with van der Waals surface area (Å²) in [6.45, 7) is 5.36. The molecule has 1 heterocycles. The smallest absolute Gasteiger partial charge is 0.221 e. The van der Waals surface area contributed by atoms with E-state index in [0.717, 1.165) is 24.4 Å². The zero-order chi connectivity index (χ0) is 10.4. The van der Waals surface area contributed by atoms with Crippen molar-refractivity contribution in [3.63, 3.8) is 0 Å². The summed E-state index contributed by atoms with van der Waals surface area (Å²) >= 11 is 0. The average Bonchev–Trinajstić information content (AvgIpc) is 2.21. The van der Waals surface area contributed by atoms with Gasteiger partial charge in [-0.25, -0.2) is 4.98 Å². The molecule has 0 radical (unpaired) electrons. The van der Waals surface area contributed by atoms with Gasteiger partial charge < -0.3 is 10.1 Å². The molecule has 14 heavy (non-hydrogen) atoms. The summed E-state index contributed by atoms with van der Waals surface area (Å²) in [6.07, 6.45) is 2.66. The zero-order valence-electron chi connectivity index (χ0n) is 9.00. The van der Waals surface area contributed by atoms with Gasteiger partial charge >= 0.3 is 0 Å². The van der Waals surface area contributed by atoms with Gasteiger partial charge in [0.2, 0.25) is 5.88 Å². The molecule has 0 aliphatic heterocycles. The molecule has 0 spiro atoms. The lowest BCUT2D eigenvalue weighted by Crippen LogP contribution is -2.10. The molecule has 1 aromatic rings. The van der Waals surface area contributed by atoms with Crippen LogP contribution in [0.15, 0.2) is 6.20 Å². The van der Waals surface area contributed by atoms with Crippen molar-refractivity contribution < 1.29 is 4.74 Å². The van der Waals surface area contributed by atoms with Crippen molar-refractivity contribution in [2.45, 2.75) is 26.8 Å². The summed E-state index contributed by atoms with van der Waals surface area (Å²) in [5, 5.41) is 3.06. The fourth-order valence-electron chi connectivity index (χ4n) is 1.17. The highest BCUT2D eigenvalue weighted by Gasteiger charge is 2.06.